The minimum atomic E-state index is -3.04. The van der Waals surface area contributed by atoms with Crippen LogP contribution in [0, 0.1) is 0 Å². The molecule has 150 valence electrons. The Hall–Kier alpha value is -3.75. The molecule has 0 aliphatic carbocycles. The first-order valence-electron chi connectivity index (χ1n) is 8.51. The molecule has 7 nitrogen and oxygen atoms in total. The summed E-state index contributed by atoms with van der Waals surface area (Å²) in [4.78, 5) is 28.3. The summed E-state index contributed by atoms with van der Waals surface area (Å²) in [5.74, 6) is -1.51. The maximum atomic E-state index is 12.4. The molecule has 1 atom stereocenters. The normalized spacial score (nSPS) is 12.3. The highest BCUT2D eigenvalue weighted by atomic mass is 19.3. The topological polar surface area (TPSA) is 90.7 Å². The predicted molar refractivity (Wildman–Crippen MR) is 100 cm³/mol. The SMILES string of the molecule is C[C@H](OC(=O)/C=C/c1nc2ccccc2o1)C(=O)Nc1ccccc1OC(F)F. The van der Waals surface area contributed by atoms with Crippen molar-refractivity contribution in [1.82, 2.24) is 4.98 Å². The number of halogens is 2. The van der Waals surface area contributed by atoms with Crippen LogP contribution in [0.25, 0.3) is 17.2 Å². The molecule has 3 rings (SSSR count). The molecule has 9 heteroatoms. The van der Waals surface area contributed by atoms with Crippen molar-refractivity contribution in [3.05, 3.63) is 60.5 Å². The lowest BCUT2D eigenvalue weighted by molar-refractivity contribution is -0.148. The number of fused-ring (bicyclic) bond motifs is 1. The molecule has 0 saturated heterocycles. The third-order valence-corrected chi connectivity index (χ3v) is 3.70. The number of ether oxygens (including phenoxy) is 2. The number of alkyl halides is 2. The Balaban J connectivity index is 1.58. The van der Waals surface area contributed by atoms with E-state index in [0.29, 0.717) is 11.1 Å². The van der Waals surface area contributed by atoms with Crippen LogP contribution in [-0.4, -0.2) is 29.6 Å². The minimum absolute atomic E-state index is 0.0303. The predicted octanol–water partition coefficient (Wildman–Crippen LogP) is 4.01. The Bertz CT molecular complexity index is 1020. The summed E-state index contributed by atoms with van der Waals surface area (Å²) < 4.78 is 39.6. The summed E-state index contributed by atoms with van der Waals surface area (Å²) in [6.07, 6.45) is 1.21. The lowest BCUT2D eigenvalue weighted by Gasteiger charge is -2.15. The van der Waals surface area contributed by atoms with Crippen LogP contribution in [0.1, 0.15) is 12.8 Å². The van der Waals surface area contributed by atoms with Gasteiger partial charge in [-0.2, -0.15) is 8.78 Å². The Morgan fingerprint density at radius 3 is 2.62 bits per heavy atom. The number of nitrogens with one attached hydrogen (secondary N) is 1. The maximum absolute atomic E-state index is 12.4. The Morgan fingerprint density at radius 1 is 1.14 bits per heavy atom. The molecular formula is C20H16F2N2O5. The number of nitrogens with zero attached hydrogens (tertiary/aromatic N) is 1. The van der Waals surface area contributed by atoms with Crippen molar-refractivity contribution in [2.45, 2.75) is 19.6 Å². The second kappa shape index (κ2) is 8.96. The van der Waals surface area contributed by atoms with Crippen LogP contribution in [0.4, 0.5) is 14.5 Å². The van der Waals surface area contributed by atoms with Gasteiger partial charge in [0.2, 0.25) is 5.89 Å². The van der Waals surface area contributed by atoms with Gasteiger partial charge in [-0.25, -0.2) is 9.78 Å². The molecule has 3 aromatic rings. The van der Waals surface area contributed by atoms with E-state index in [2.05, 4.69) is 15.0 Å². The summed E-state index contributed by atoms with van der Waals surface area (Å²) >= 11 is 0. The van der Waals surface area contributed by atoms with Crippen LogP contribution in [0.15, 0.2) is 59.0 Å². The molecule has 1 heterocycles. The van der Waals surface area contributed by atoms with Gasteiger partial charge < -0.3 is 19.2 Å². The highest BCUT2D eigenvalue weighted by Gasteiger charge is 2.19. The monoisotopic (exact) mass is 402 g/mol. The molecule has 1 amide bonds. The average molecular weight is 402 g/mol. The number of esters is 1. The number of benzene rings is 2. The van der Waals surface area contributed by atoms with Crippen molar-refractivity contribution in [2.75, 3.05) is 5.32 Å². The van der Waals surface area contributed by atoms with Crippen LogP contribution in [0.5, 0.6) is 5.75 Å². The fourth-order valence-electron chi connectivity index (χ4n) is 2.37. The van der Waals surface area contributed by atoms with E-state index < -0.39 is 24.6 Å². The maximum Gasteiger partial charge on any atom is 0.387 e. The third-order valence-electron chi connectivity index (χ3n) is 3.70. The molecule has 0 bridgehead atoms. The van der Waals surface area contributed by atoms with Gasteiger partial charge in [-0.1, -0.05) is 24.3 Å². The quantitative estimate of drug-likeness (QED) is 0.474. The van der Waals surface area contributed by atoms with Crippen molar-refractivity contribution in [3.8, 4) is 5.75 Å². The second-order valence-corrected chi connectivity index (χ2v) is 5.80. The molecule has 0 aliphatic rings. The van der Waals surface area contributed by atoms with Crippen molar-refractivity contribution in [2.24, 2.45) is 0 Å². The second-order valence-electron chi connectivity index (χ2n) is 5.80. The lowest BCUT2D eigenvalue weighted by atomic mass is 10.2. The van der Waals surface area contributed by atoms with Gasteiger partial charge in [0, 0.05) is 12.2 Å². The zero-order valence-corrected chi connectivity index (χ0v) is 15.2. The summed E-state index contributed by atoms with van der Waals surface area (Å²) in [5, 5.41) is 2.38. The highest BCUT2D eigenvalue weighted by Crippen LogP contribution is 2.25. The average Bonchev–Trinajstić information content (AvgIpc) is 3.10. The van der Waals surface area contributed by atoms with Gasteiger partial charge in [0.1, 0.15) is 11.3 Å². The van der Waals surface area contributed by atoms with Crippen LogP contribution in [-0.2, 0) is 14.3 Å². The van der Waals surface area contributed by atoms with E-state index in [1.54, 1.807) is 24.3 Å². The van der Waals surface area contributed by atoms with E-state index >= 15 is 0 Å². The molecular weight excluding hydrogens is 386 g/mol. The summed E-state index contributed by atoms with van der Waals surface area (Å²) in [7, 11) is 0. The minimum Gasteiger partial charge on any atom is -0.449 e. The number of para-hydroxylation sites is 4. The van der Waals surface area contributed by atoms with Crippen LogP contribution < -0.4 is 10.1 Å². The lowest BCUT2D eigenvalue weighted by Crippen LogP contribution is -2.29. The van der Waals surface area contributed by atoms with Gasteiger partial charge in [-0.05, 0) is 31.2 Å². The summed E-state index contributed by atoms with van der Waals surface area (Å²) in [5.41, 5.74) is 1.23. The van der Waals surface area contributed by atoms with E-state index in [4.69, 9.17) is 9.15 Å². The molecule has 29 heavy (non-hydrogen) atoms. The largest absolute Gasteiger partial charge is 0.449 e. The zero-order chi connectivity index (χ0) is 20.8. The molecule has 2 aromatic carbocycles. The van der Waals surface area contributed by atoms with Gasteiger partial charge >= 0.3 is 12.6 Å². The van der Waals surface area contributed by atoms with Gasteiger partial charge in [0.15, 0.2) is 11.7 Å². The molecule has 0 saturated carbocycles. The molecule has 0 aliphatic heterocycles. The first kappa shape index (κ1) is 20.0. The standard InChI is InChI=1S/C20H16F2N2O5/c1-12(19(26)24-14-7-3-5-9-16(14)29-20(21)22)27-18(25)11-10-17-23-13-6-2-4-8-15(13)28-17/h2-12,20H,1H3,(H,24,26)/b11-10+/t12-/m0/s1. The smallest absolute Gasteiger partial charge is 0.387 e. The van der Waals surface area contributed by atoms with E-state index in [1.807, 2.05) is 0 Å². The van der Waals surface area contributed by atoms with Crippen LogP contribution in [0.3, 0.4) is 0 Å². The van der Waals surface area contributed by atoms with E-state index in [-0.39, 0.29) is 17.3 Å². The molecule has 1 N–H and O–H groups in total. The Labute approximate surface area is 163 Å². The zero-order valence-electron chi connectivity index (χ0n) is 15.2. The van der Waals surface area contributed by atoms with Gasteiger partial charge in [0.05, 0.1) is 5.69 Å². The fourth-order valence-corrected chi connectivity index (χ4v) is 2.37. The molecule has 0 fully saturated rings. The number of amides is 1. The molecule has 0 radical (unpaired) electrons. The Kier molecular flexibility index (Phi) is 6.18. The first-order chi connectivity index (χ1) is 13.9. The number of rotatable bonds is 7. The number of hydrogen-bond acceptors (Lipinski definition) is 6. The number of aromatic nitrogens is 1. The van der Waals surface area contributed by atoms with Crippen LogP contribution in [0.2, 0.25) is 0 Å². The number of anilines is 1. The van der Waals surface area contributed by atoms with Crippen LogP contribution >= 0.6 is 0 Å². The van der Waals surface area contributed by atoms with E-state index in [9.17, 15) is 18.4 Å². The Morgan fingerprint density at radius 2 is 1.86 bits per heavy atom. The van der Waals surface area contributed by atoms with Crippen molar-refractivity contribution >= 4 is 34.7 Å². The number of oxazole rings is 1. The van der Waals surface area contributed by atoms with E-state index in [0.717, 1.165) is 6.08 Å². The van der Waals surface area contributed by atoms with Crippen molar-refractivity contribution in [1.29, 1.82) is 0 Å². The van der Waals surface area contributed by atoms with Gasteiger partial charge in [0.25, 0.3) is 5.91 Å². The summed E-state index contributed by atoms with van der Waals surface area (Å²) in [6, 6.07) is 12.8. The number of carbonyl (C=O) groups is 2. The molecule has 0 unspecified atom stereocenters. The third kappa shape index (κ3) is 5.38. The van der Waals surface area contributed by atoms with Crippen molar-refractivity contribution in [3.63, 3.8) is 0 Å². The number of hydrogen-bond donors (Lipinski definition) is 1. The van der Waals surface area contributed by atoms with Gasteiger partial charge in [-0.15, -0.1) is 0 Å². The number of carbonyl (C=O) groups excluding carboxylic acids is 2. The highest BCUT2D eigenvalue weighted by molar-refractivity contribution is 5.97. The van der Waals surface area contributed by atoms with Gasteiger partial charge in [-0.3, -0.25) is 4.79 Å². The molecule has 0 spiro atoms. The van der Waals surface area contributed by atoms with Crippen molar-refractivity contribution < 1.29 is 32.3 Å². The molecule has 1 aromatic heterocycles. The first-order valence-corrected chi connectivity index (χ1v) is 8.51. The summed E-state index contributed by atoms with van der Waals surface area (Å²) in [6.45, 7) is -1.70. The fraction of sp³-hybridized carbons (Fsp3) is 0.150. The van der Waals surface area contributed by atoms with E-state index in [1.165, 1.54) is 37.3 Å².